The Morgan fingerprint density at radius 1 is 1.05 bits per heavy atom. The number of anilines is 1. The zero-order valence-corrected chi connectivity index (χ0v) is 10.8. The molecule has 0 aliphatic carbocycles. The molecule has 2 aromatic carbocycles. The van der Waals surface area contributed by atoms with Gasteiger partial charge in [0.1, 0.15) is 5.75 Å². The first-order chi connectivity index (χ1) is 9.58. The molecule has 5 heteroatoms. The predicted octanol–water partition coefficient (Wildman–Crippen LogP) is 3.30. The van der Waals surface area contributed by atoms with Crippen molar-refractivity contribution in [3.05, 3.63) is 59.7 Å². The van der Waals surface area contributed by atoms with Crippen molar-refractivity contribution in [3.8, 4) is 5.75 Å². The lowest BCUT2D eigenvalue weighted by molar-refractivity contribution is 0.0698. The molecule has 0 atom stereocenters. The first-order valence-electron chi connectivity index (χ1n) is 5.94. The highest BCUT2D eigenvalue weighted by molar-refractivity contribution is 6.00. The van der Waals surface area contributed by atoms with Gasteiger partial charge in [0.05, 0.1) is 11.3 Å². The largest absolute Gasteiger partial charge is 0.478 e. The summed E-state index contributed by atoms with van der Waals surface area (Å²) < 4.78 is 5.07. The summed E-state index contributed by atoms with van der Waals surface area (Å²) in [6, 6.07) is 13.3. The zero-order chi connectivity index (χ0) is 14.5. The van der Waals surface area contributed by atoms with E-state index in [1.165, 1.54) is 6.07 Å². The Labute approximate surface area is 115 Å². The SMILES string of the molecule is Cc1cccc(C(=O)O)c1NC(=O)Oc1ccccc1. The molecule has 2 aromatic rings. The first-order valence-corrected chi connectivity index (χ1v) is 5.94. The van der Waals surface area contributed by atoms with Crippen LogP contribution in [0.3, 0.4) is 0 Å². The monoisotopic (exact) mass is 271 g/mol. The number of ether oxygens (including phenoxy) is 1. The van der Waals surface area contributed by atoms with E-state index in [9.17, 15) is 9.59 Å². The maximum absolute atomic E-state index is 11.8. The maximum Gasteiger partial charge on any atom is 0.417 e. The minimum atomic E-state index is -1.11. The van der Waals surface area contributed by atoms with Crippen molar-refractivity contribution in [1.29, 1.82) is 0 Å². The number of carboxylic acid groups (broad SMARTS) is 1. The number of benzene rings is 2. The van der Waals surface area contributed by atoms with E-state index in [1.54, 1.807) is 49.4 Å². The third-order valence-electron chi connectivity index (χ3n) is 2.68. The van der Waals surface area contributed by atoms with Crippen LogP contribution in [0.1, 0.15) is 15.9 Å². The fourth-order valence-corrected chi connectivity index (χ4v) is 1.74. The van der Waals surface area contributed by atoms with E-state index in [1.807, 2.05) is 0 Å². The second-order valence-electron chi connectivity index (χ2n) is 4.13. The molecule has 0 saturated heterocycles. The molecule has 0 aliphatic rings. The maximum atomic E-state index is 11.8. The molecule has 2 rings (SSSR count). The van der Waals surface area contributed by atoms with Gasteiger partial charge < -0.3 is 9.84 Å². The highest BCUT2D eigenvalue weighted by Crippen LogP contribution is 2.21. The highest BCUT2D eigenvalue weighted by Gasteiger charge is 2.15. The van der Waals surface area contributed by atoms with E-state index < -0.39 is 12.1 Å². The van der Waals surface area contributed by atoms with Gasteiger partial charge in [0.15, 0.2) is 0 Å². The van der Waals surface area contributed by atoms with Crippen molar-refractivity contribution in [2.75, 3.05) is 5.32 Å². The summed E-state index contributed by atoms with van der Waals surface area (Å²) >= 11 is 0. The van der Waals surface area contributed by atoms with Gasteiger partial charge in [-0.3, -0.25) is 5.32 Å². The summed E-state index contributed by atoms with van der Waals surface area (Å²) in [6.45, 7) is 1.71. The lowest BCUT2D eigenvalue weighted by atomic mass is 10.1. The Morgan fingerprint density at radius 3 is 2.40 bits per heavy atom. The minimum Gasteiger partial charge on any atom is -0.478 e. The van der Waals surface area contributed by atoms with Crippen LogP contribution in [0.2, 0.25) is 0 Å². The van der Waals surface area contributed by atoms with Gasteiger partial charge in [0.25, 0.3) is 0 Å². The average molecular weight is 271 g/mol. The molecule has 5 nitrogen and oxygen atoms in total. The van der Waals surface area contributed by atoms with Gasteiger partial charge in [-0.15, -0.1) is 0 Å². The summed E-state index contributed by atoms with van der Waals surface area (Å²) in [5.41, 5.74) is 0.908. The minimum absolute atomic E-state index is 0.0232. The number of aromatic carboxylic acids is 1. The van der Waals surface area contributed by atoms with Gasteiger partial charge in [-0.25, -0.2) is 9.59 Å². The quantitative estimate of drug-likeness (QED) is 0.898. The number of nitrogens with one attached hydrogen (secondary N) is 1. The molecule has 0 saturated carbocycles. The van der Waals surface area contributed by atoms with Crippen molar-refractivity contribution >= 4 is 17.7 Å². The molecule has 0 unspecified atom stereocenters. The fraction of sp³-hybridized carbons (Fsp3) is 0.0667. The van der Waals surface area contributed by atoms with Gasteiger partial charge in [0, 0.05) is 0 Å². The van der Waals surface area contributed by atoms with Gasteiger partial charge >= 0.3 is 12.1 Å². The number of rotatable bonds is 3. The van der Waals surface area contributed by atoms with E-state index in [0.29, 0.717) is 11.3 Å². The number of carbonyl (C=O) groups is 2. The van der Waals surface area contributed by atoms with Crippen molar-refractivity contribution < 1.29 is 19.4 Å². The van der Waals surface area contributed by atoms with E-state index in [2.05, 4.69) is 5.32 Å². The van der Waals surface area contributed by atoms with Crippen LogP contribution in [0.25, 0.3) is 0 Å². The van der Waals surface area contributed by atoms with Crippen LogP contribution in [0, 0.1) is 6.92 Å². The van der Waals surface area contributed by atoms with Crippen molar-refractivity contribution in [3.63, 3.8) is 0 Å². The lowest BCUT2D eigenvalue weighted by Gasteiger charge is -2.11. The Hall–Kier alpha value is -2.82. The summed E-state index contributed by atoms with van der Waals surface area (Å²) in [4.78, 5) is 22.9. The predicted molar refractivity (Wildman–Crippen MR) is 74.2 cm³/mol. The molecule has 0 spiro atoms. The van der Waals surface area contributed by atoms with Crippen LogP contribution < -0.4 is 10.1 Å². The molecule has 0 heterocycles. The fourth-order valence-electron chi connectivity index (χ4n) is 1.74. The highest BCUT2D eigenvalue weighted by atomic mass is 16.6. The van der Waals surface area contributed by atoms with E-state index in [0.717, 1.165) is 0 Å². The Bertz CT molecular complexity index is 638. The van der Waals surface area contributed by atoms with Crippen LogP contribution in [0.4, 0.5) is 10.5 Å². The topological polar surface area (TPSA) is 75.6 Å². The van der Waals surface area contributed by atoms with E-state index in [4.69, 9.17) is 9.84 Å². The Morgan fingerprint density at radius 2 is 1.75 bits per heavy atom. The number of hydrogen-bond donors (Lipinski definition) is 2. The molecule has 0 aliphatic heterocycles. The van der Waals surface area contributed by atoms with Crippen molar-refractivity contribution in [1.82, 2.24) is 0 Å². The number of carbonyl (C=O) groups excluding carboxylic acids is 1. The van der Waals surface area contributed by atoms with Crippen LogP contribution in [-0.2, 0) is 0 Å². The van der Waals surface area contributed by atoms with Crippen LogP contribution in [0.15, 0.2) is 48.5 Å². The normalized spacial score (nSPS) is 9.85. The molecule has 0 bridgehead atoms. The second kappa shape index (κ2) is 5.88. The standard InChI is InChI=1S/C15H13NO4/c1-10-6-5-9-12(14(17)18)13(10)16-15(19)20-11-7-3-2-4-8-11/h2-9H,1H3,(H,16,19)(H,17,18). The zero-order valence-electron chi connectivity index (χ0n) is 10.8. The van der Waals surface area contributed by atoms with Crippen LogP contribution in [0.5, 0.6) is 5.75 Å². The molecule has 1 amide bonds. The summed E-state index contributed by atoms with van der Waals surface area (Å²) in [7, 11) is 0. The average Bonchev–Trinajstić information content (AvgIpc) is 2.42. The Balaban J connectivity index is 2.18. The molecule has 2 N–H and O–H groups in total. The van der Waals surface area contributed by atoms with Crippen molar-refractivity contribution in [2.45, 2.75) is 6.92 Å². The van der Waals surface area contributed by atoms with E-state index in [-0.39, 0.29) is 11.3 Å². The number of carboxylic acids is 1. The lowest BCUT2D eigenvalue weighted by Crippen LogP contribution is -2.19. The van der Waals surface area contributed by atoms with Gasteiger partial charge in [0.2, 0.25) is 0 Å². The molecule has 0 fully saturated rings. The second-order valence-corrected chi connectivity index (χ2v) is 4.13. The Kier molecular flexibility index (Phi) is 4.00. The number of hydrogen-bond acceptors (Lipinski definition) is 3. The van der Waals surface area contributed by atoms with Crippen LogP contribution >= 0.6 is 0 Å². The third kappa shape index (κ3) is 3.14. The number of amides is 1. The number of para-hydroxylation sites is 2. The molecule has 20 heavy (non-hydrogen) atoms. The molecular weight excluding hydrogens is 258 g/mol. The van der Waals surface area contributed by atoms with Gasteiger partial charge in [-0.1, -0.05) is 30.3 Å². The number of aryl methyl sites for hydroxylation is 1. The van der Waals surface area contributed by atoms with Crippen molar-refractivity contribution in [2.24, 2.45) is 0 Å². The summed E-state index contributed by atoms with van der Waals surface area (Å²) in [5, 5.41) is 11.6. The summed E-state index contributed by atoms with van der Waals surface area (Å²) in [5.74, 6) is -0.723. The first kappa shape index (κ1) is 13.6. The summed E-state index contributed by atoms with van der Waals surface area (Å²) in [6.07, 6.45) is -0.729. The van der Waals surface area contributed by atoms with E-state index >= 15 is 0 Å². The van der Waals surface area contributed by atoms with Gasteiger partial charge in [-0.05, 0) is 30.7 Å². The molecule has 0 radical (unpaired) electrons. The molecular formula is C15H13NO4. The smallest absolute Gasteiger partial charge is 0.417 e. The molecule has 102 valence electrons. The van der Waals surface area contributed by atoms with Gasteiger partial charge in [-0.2, -0.15) is 0 Å². The van der Waals surface area contributed by atoms with Crippen LogP contribution in [-0.4, -0.2) is 17.2 Å². The third-order valence-corrected chi connectivity index (χ3v) is 2.68. The molecule has 0 aromatic heterocycles.